The van der Waals surface area contributed by atoms with Gasteiger partial charge in [-0.05, 0) is 56.3 Å². The minimum absolute atomic E-state index is 0.00999. The molecule has 2 unspecified atom stereocenters. The predicted molar refractivity (Wildman–Crippen MR) is 85.4 cm³/mol. The average Bonchev–Trinajstić information content (AvgIpc) is 2.48. The molecule has 0 aliphatic heterocycles. The Labute approximate surface area is 127 Å². The van der Waals surface area contributed by atoms with Crippen molar-refractivity contribution in [3.8, 4) is 0 Å². The van der Waals surface area contributed by atoms with E-state index in [-0.39, 0.29) is 11.9 Å². The van der Waals surface area contributed by atoms with Crippen molar-refractivity contribution >= 4 is 10.8 Å². The van der Waals surface area contributed by atoms with Crippen molar-refractivity contribution in [1.29, 1.82) is 0 Å². The van der Waals surface area contributed by atoms with E-state index in [1.807, 2.05) is 14.0 Å². The molecule has 4 heteroatoms. The third-order valence-electron chi connectivity index (χ3n) is 3.55. The number of hydrogen-bond acceptors (Lipinski definition) is 2. The molecule has 0 saturated heterocycles. The number of halogens is 1. The first kappa shape index (κ1) is 15.9. The number of aryl methyl sites for hydroxylation is 2. The van der Waals surface area contributed by atoms with Crippen molar-refractivity contribution in [3.63, 3.8) is 0 Å². The van der Waals surface area contributed by atoms with E-state index in [0.29, 0.717) is 10.6 Å². The molecule has 0 fully saturated rings. The molecule has 1 N–H and O–H groups in total. The van der Waals surface area contributed by atoms with Crippen LogP contribution in [-0.4, -0.2) is 17.0 Å². The van der Waals surface area contributed by atoms with Crippen LogP contribution < -0.4 is 5.32 Å². The summed E-state index contributed by atoms with van der Waals surface area (Å²) in [5.41, 5.74) is 3.52. The average molecular weight is 305 g/mol. The van der Waals surface area contributed by atoms with Gasteiger partial charge in [-0.25, -0.2) is 4.39 Å². The zero-order valence-electron chi connectivity index (χ0n) is 12.5. The predicted octanol–water partition coefficient (Wildman–Crippen LogP) is 3.51. The lowest BCUT2D eigenvalue weighted by Gasteiger charge is -2.19. The van der Waals surface area contributed by atoms with Crippen molar-refractivity contribution in [2.75, 3.05) is 12.8 Å². The van der Waals surface area contributed by atoms with Crippen molar-refractivity contribution < 1.29 is 8.60 Å². The molecule has 112 valence electrons. The Hall–Kier alpha value is -1.52. The van der Waals surface area contributed by atoms with Gasteiger partial charge in [-0.1, -0.05) is 23.8 Å². The molecular formula is C17H20FNOS. The van der Waals surface area contributed by atoms with Gasteiger partial charge in [0.05, 0.1) is 10.8 Å². The molecule has 0 bridgehead atoms. The highest BCUT2D eigenvalue weighted by Crippen LogP contribution is 2.22. The summed E-state index contributed by atoms with van der Waals surface area (Å²) in [5.74, 6) is 0.155. The van der Waals surface area contributed by atoms with Crippen LogP contribution in [-0.2, 0) is 10.8 Å². The smallest absolute Gasteiger partial charge is 0.123 e. The van der Waals surface area contributed by atoms with E-state index in [4.69, 9.17) is 0 Å². The summed E-state index contributed by atoms with van der Waals surface area (Å²) < 4.78 is 25.4. The number of rotatable bonds is 5. The molecule has 0 aliphatic rings. The molecule has 0 spiro atoms. The summed E-state index contributed by atoms with van der Waals surface area (Å²) in [5, 5.41) is 3.23. The SMILES string of the molecule is CNC(CS(=O)c1ccc(F)cc1)c1cc(C)ccc1C. The molecule has 2 aromatic rings. The van der Waals surface area contributed by atoms with Crippen molar-refractivity contribution in [2.45, 2.75) is 24.8 Å². The summed E-state index contributed by atoms with van der Waals surface area (Å²) in [7, 11) is 0.703. The van der Waals surface area contributed by atoms with Gasteiger partial charge in [0, 0.05) is 16.7 Å². The maximum Gasteiger partial charge on any atom is 0.123 e. The van der Waals surface area contributed by atoms with Gasteiger partial charge >= 0.3 is 0 Å². The largest absolute Gasteiger partial charge is 0.312 e. The first-order chi connectivity index (χ1) is 10.0. The normalized spacial score (nSPS) is 13.9. The van der Waals surface area contributed by atoms with Gasteiger partial charge in [-0.2, -0.15) is 0 Å². The molecule has 2 atom stereocenters. The lowest BCUT2D eigenvalue weighted by molar-refractivity contribution is 0.624. The van der Waals surface area contributed by atoms with Gasteiger partial charge in [0.2, 0.25) is 0 Å². The van der Waals surface area contributed by atoms with Gasteiger partial charge in [0.15, 0.2) is 0 Å². The van der Waals surface area contributed by atoms with E-state index < -0.39 is 10.8 Å². The minimum atomic E-state index is -1.17. The second-order valence-corrected chi connectivity index (χ2v) is 6.66. The molecule has 0 heterocycles. The third-order valence-corrected chi connectivity index (χ3v) is 4.99. The summed E-state index contributed by atoms with van der Waals surface area (Å²) >= 11 is 0. The van der Waals surface area contributed by atoms with Crippen LogP contribution in [0.15, 0.2) is 47.4 Å². The van der Waals surface area contributed by atoms with Crippen LogP contribution in [0.3, 0.4) is 0 Å². The zero-order chi connectivity index (χ0) is 15.4. The Bertz CT molecular complexity index is 640. The maximum absolute atomic E-state index is 12.9. The lowest BCUT2D eigenvalue weighted by Crippen LogP contribution is -2.23. The topological polar surface area (TPSA) is 29.1 Å². The number of hydrogen-bond donors (Lipinski definition) is 1. The molecule has 2 nitrogen and oxygen atoms in total. The quantitative estimate of drug-likeness (QED) is 0.916. The van der Waals surface area contributed by atoms with E-state index in [9.17, 15) is 8.60 Å². The second-order valence-electron chi connectivity index (χ2n) is 5.17. The molecule has 0 aromatic heterocycles. The molecule has 2 rings (SSSR count). The highest BCUT2D eigenvalue weighted by Gasteiger charge is 2.16. The van der Waals surface area contributed by atoms with E-state index >= 15 is 0 Å². The molecule has 0 radical (unpaired) electrons. The summed E-state index contributed by atoms with van der Waals surface area (Å²) in [6.45, 7) is 4.10. The van der Waals surface area contributed by atoms with Crippen LogP contribution in [0.2, 0.25) is 0 Å². The van der Waals surface area contributed by atoms with Gasteiger partial charge < -0.3 is 5.32 Å². The maximum atomic E-state index is 12.9. The molecule has 0 saturated carbocycles. The highest BCUT2D eigenvalue weighted by molar-refractivity contribution is 7.85. The Morgan fingerprint density at radius 3 is 2.43 bits per heavy atom. The fourth-order valence-corrected chi connectivity index (χ4v) is 3.58. The molecular weight excluding hydrogens is 285 g/mol. The monoisotopic (exact) mass is 305 g/mol. The molecule has 21 heavy (non-hydrogen) atoms. The van der Waals surface area contributed by atoms with Crippen LogP contribution >= 0.6 is 0 Å². The van der Waals surface area contributed by atoms with E-state index in [0.717, 1.165) is 5.56 Å². The Morgan fingerprint density at radius 1 is 1.14 bits per heavy atom. The standard InChI is InChI=1S/C17H20FNOS/c1-12-4-5-13(2)16(10-12)17(19-3)11-21(20)15-8-6-14(18)7-9-15/h4-10,17,19H,11H2,1-3H3. The Kier molecular flexibility index (Phi) is 5.26. The van der Waals surface area contributed by atoms with Crippen LogP contribution in [0.4, 0.5) is 4.39 Å². The molecule has 2 aromatic carbocycles. The first-order valence-corrected chi connectivity index (χ1v) is 8.21. The zero-order valence-corrected chi connectivity index (χ0v) is 13.3. The van der Waals surface area contributed by atoms with Crippen molar-refractivity contribution in [3.05, 3.63) is 65.0 Å². The van der Waals surface area contributed by atoms with E-state index in [1.165, 1.54) is 23.3 Å². The number of nitrogens with one attached hydrogen (secondary N) is 1. The Morgan fingerprint density at radius 2 is 1.81 bits per heavy atom. The van der Waals surface area contributed by atoms with Crippen molar-refractivity contribution in [1.82, 2.24) is 5.32 Å². The van der Waals surface area contributed by atoms with E-state index in [2.05, 4.69) is 30.4 Å². The summed E-state index contributed by atoms with van der Waals surface area (Å²) in [6.07, 6.45) is 0. The molecule has 0 amide bonds. The van der Waals surface area contributed by atoms with Gasteiger partial charge in [0.25, 0.3) is 0 Å². The van der Waals surface area contributed by atoms with Crippen LogP contribution in [0.25, 0.3) is 0 Å². The van der Waals surface area contributed by atoms with Gasteiger partial charge in [-0.3, -0.25) is 4.21 Å². The second kappa shape index (κ2) is 6.96. The fraction of sp³-hybridized carbons (Fsp3) is 0.294. The first-order valence-electron chi connectivity index (χ1n) is 6.89. The molecule has 0 aliphatic carbocycles. The lowest BCUT2D eigenvalue weighted by atomic mass is 10.0. The van der Waals surface area contributed by atoms with Gasteiger partial charge in [0.1, 0.15) is 5.82 Å². The summed E-state index contributed by atoms with van der Waals surface area (Å²) in [6, 6.07) is 12.1. The van der Waals surface area contributed by atoms with Crippen LogP contribution in [0.5, 0.6) is 0 Å². The third kappa shape index (κ3) is 3.99. The van der Waals surface area contributed by atoms with E-state index in [1.54, 1.807) is 12.1 Å². The van der Waals surface area contributed by atoms with Crippen LogP contribution in [0.1, 0.15) is 22.7 Å². The fourth-order valence-electron chi connectivity index (χ4n) is 2.30. The number of benzene rings is 2. The summed E-state index contributed by atoms with van der Waals surface area (Å²) in [4.78, 5) is 0.655. The minimum Gasteiger partial charge on any atom is -0.312 e. The van der Waals surface area contributed by atoms with Crippen LogP contribution in [0, 0.1) is 19.7 Å². The Balaban J connectivity index is 2.20. The van der Waals surface area contributed by atoms with Gasteiger partial charge in [-0.15, -0.1) is 0 Å². The van der Waals surface area contributed by atoms with Crippen molar-refractivity contribution in [2.24, 2.45) is 0 Å². The highest BCUT2D eigenvalue weighted by atomic mass is 32.2.